The largest absolute Gasteiger partial charge is 0.285 e. The van der Waals surface area contributed by atoms with Crippen LogP contribution in [0.15, 0.2) is 59.6 Å². The van der Waals surface area contributed by atoms with Crippen LogP contribution in [-0.4, -0.2) is 11.8 Å². The van der Waals surface area contributed by atoms with E-state index in [1.165, 1.54) is 23.1 Å². The first-order valence-electron chi connectivity index (χ1n) is 7.83. The van der Waals surface area contributed by atoms with Crippen LogP contribution in [0.2, 0.25) is 0 Å². The molecule has 0 amide bonds. The number of benzene rings is 2. The Labute approximate surface area is 126 Å². The van der Waals surface area contributed by atoms with Crippen LogP contribution in [-0.2, 0) is 6.42 Å². The van der Waals surface area contributed by atoms with Crippen LogP contribution < -0.4 is 0 Å². The molecule has 0 aliphatic heterocycles. The van der Waals surface area contributed by atoms with Crippen molar-refractivity contribution in [2.24, 2.45) is 10.4 Å². The lowest BCUT2D eigenvalue weighted by Gasteiger charge is -2.21. The highest BCUT2D eigenvalue weighted by Crippen LogP contribution is 2.73. The standard InChI is InChI=1S/C20H21N/c1-19(2)18-17-11-7-6-10-16(17)12-13-20(18,19)21-14-15-8-4-3-5-9-15/h3-11,14,18H,12-13H2,1-2H3. The van der Waals surface area contributed by atoms with Crippen molar-refractivity contribution in [1.82, 2.24) is 0 Å². The minimum absolute atomic E-state index is 0.108. The van der Waals surface area contributed by atoms with E-state index in [2.05, 4.69) is 74.7 Å². The summed E-state index contributed by atoms with van der Waals surface area (Å²) in [5.74, 6) is 0.579. The van der Waals surface area contributed by atoms with Crippen molar-refractivity contribution >= 4 is 6.21 Å². The van der Waals surface area contributed by atoms with Crippen LogP contribution in [0.1, 0.15) is 42.9 Å². The molecular formula is C20H21N. The molecule has 106 valence electrons. The monoisotopic (exact) mass is 275 g/mol. The molecule has 0 N–H and O–H groups in total. The molecule has 0 radical (unpaired) electrons. The van der Waals surface area contributed by atoms with E-state index in [9.17, 15) is 0 Å². The van der Waals surface area contributed by atoms with Gasteiger partial charge in [-0.15, -0.1) is 0 Å². The SMILES string of the molecule is CC1(C)C2c3ccccc3CCC21N=Cc1ccccc1. The van der Waals surface area contributed by atoms with Gasteiger partial charge in [-0.25, -0.2) is 0 Å². The summed E-state index contributed by atoms with van der Waals surface area (Å²) in [5.41, 5.74) is 4.63. The summed E-state index contributed by atoms with van der Waals surface area (Å²) >= 11 is 0. The molecule has 1 saturated carbocycles. The minimum Gasteiger partial charge on any atom is -0.285 e. The third-order valence-electron chi connectivity index (χ3n) is 5.62. The third kappa shape index (κ3) is 1.73. The Morgan fingerprint density at radius 1 is 1.00 bits per heavy atom. The smallest absolute Gasteiger partial charge is 0.0743 e. The number of fused-ring (bicyclic) bond motifs is 3. The van der Waals surface area contributed by atoms with Gasteiger partial charge in [-0.1, -0.05) is 68.4 Å². The van der Waals surface area contributed by atoms with Crippen LogP contribution in [0.4, 0.5) is 0 Å². The summed E-state index contributed by atoms with van der Waals surface area (Å²) in [6.45, 7) is 4.75. The second-order valence-corrected chi connectivity index (χ2v) is 6.95. The maximum absolute atomic E-state index is 5.09. The molecule has 0 aromatic heterocycles. The Morgan fingerprint density at radius 2 is 1.71 bits per heavy atom. The van der Waals surface area contributed by atoms with Gasteiger partial charge in [0.05, 0.1) is 5.54 Å². The second kappa shape index (κ2) is 4.30. The fourth-order valence-electron chi connectivity index (χ4n) is 4.35. The zero-order valence-corrected chi connectivity index (χ0v) is 12.7. The maximum atomic E-state index is 5.09. The first-order chi connectivity index (χ1) is 10.2. The zero-order chi connectivity index (χ0) is 14.5. The molecule has 2 aromatic rings. The molecule has 21 heavy (non-hydrogen) atoms. The summed E-state index contributed by atoms with van der Waals surface area (Å²) in [4.78, 5) is 5.09. The van der Waals surface area contributed by atoms with E-state index in [0.29, 0.717) is 5.92 Å². The van der Waals surface area contributed by atoms with Crippen molar-refractivity contribution in [2.45, 2.75) is 38.1 Å². The number of nitrogens with zero attached hydrogens (tertiary/aromatic N) is 1. The van der Waals surface area contributed by atoms with Crippen LogP contribution in [0.5, 0.6) is 0 Å². The van der Waals surface area contributed by atoms with Gasteiger partial charge in [0.1, 0.15) is 0 Å². The van der Waals surface area contributed by atoms with Crippen molar-refractivity contribution < 1.29 is 0 Å². The van der Waals surface area contributed by atoms with Crippen molar-refractivity contribution in [1.29, 1.82) is 0 Å². The maximum Gasteiger partial charge on any atom is 0.0743 e. The van der Waals surface area contributed by atoms with Crippen LogP contribution in [0.3, 0.4) is 0 Å². The molecule has 1 heteroatoms. The average molecular weight is 275 g/mol. The predicted octanol–water partition coefficient (Wildman–Crippen LogP) is 4.61. The van der Waals surface area contributed by atoms with Gasteiger partial charge in [0.2, 0.25) is 0 Å². The fraction of sp³-hybridized carbons (Fsp3) is 0.350. The Kier molecular flexibility index (Phi) is 2.63. The molecule has 1 fully saturated rings. The van der Waals surface area contributed by atoms with Crippen LogP contribution in [0.25, 0.3) is 0 Å². The van der Waals surface area contributed by atoms with Crippen LogP contribution >= 0.6 is 0 Å². The van der Waals surface area contributed by atoms with Crippen molar-refractivity contribution in [2.75, 3.05) is 0 Å². The quantitative estimate of drug-likeness (QED) is 0.709. The minimum atomic E-state index is 0.108. The molecule has 2 aromatic carbocycles. The van der Waals surface area contributed by atoms with E-state index in [4.69, 9.17) is 4.99 Å². The summed E-state index contributed by atoms with van der Waals surface area (Å²) in [7, 11) is 0. The molecule has 0 saturated heterocycles. The number of hydrogen-bond donors (Lipinski definition) is 0. The number of hydrogen-bond acceptors (Lipinski definition) is 1. The van der Waals surface area contributed by atoms with Crippen molar-refractivity contribution in [3.63, 3.8) is 0 Å². The molecule has 2 atom stereocenters. The number of aliphatic imine (C=N–C) groups is 1. The lowest BCUT2D eigenvalue weighted by atomic mass is 9.88. The predicted molar refractivity (Wildman–Crippen MR) is 88.1 cm³/mol. The van der Waals surface area contributed by atoms with Crippen molar-refractivity contribution in [3.8, 4) is 0 Å². The first-order valence-corrected chi connectivity index (χ1v) is 7.83. The highest BCUT2D eigenvalue weighted by atomic mass is 15.0. The topological polar surface area (TPSA) is 12.4 Å². The molecule has 2 aliphatic rings. The molecule has 2 aliphatic carbocycles. The highest BCUT2D eigenvalue weighted by molar-refractivity contribution is 5.80. The van der Waals surface area contributed by atoms with Gasteiger partial charge in [-0.2, -0.15) is 0 Å². The zero-order valence-electron chi connectivity index (χ0n) is 12.7. The molecule has 0 heterocycles. The van der Waals surface area contributed by atoms with E-state index in [0.717, 1.165) is 6.42 Å². The van der Waals surface area contributed by atoms with Gasteiger partial charge < -0.3 is 0 Å². The fourth-order valence-corrected chi connectivity index (χ4v) is 4.35. The lowest BCUT2D eigenvalue weighted by Crippen LogP contribution is -2.19. The van der Waals surface area contributed by atoms with E-state index < -0.39 is 0 Å². The average Bonchev–Trinajstić information content (AvgIpc) is 3.03. The van der Waals surface area contributed by atoms with E-state index in [1.807, 2.05) is 0 Å². The van der Waals surface area contributed by atoms with Gasteiger partial charge in [0, 0.05) is 12.1 Å². The molecule has 2 unspecified atom stereocenters. The number of aryl methyl sites for hydroxylation is 1. The lowest BCUT2D eigenvalue weighted by molar-refractivity contribution is 0.468. The van der Waals surface area contributed by atoms with Crippen LogP contribution in [0, 0.1) is 5.41 Å². The van der Waals surface area contributed by atoms with Crippen molar-refractivity contribution in [3.05, 3.63) is 71.3 Å². The molecule has 4 rings (SSSR count). The van der Waals surface area contributed by atoms with Gasteiger partial charge in [0.25, 0.3) is 0 Å². The van der Waals surface area contributed by atoms with E-state index in [-0.39, 0.29) is 11.0 Å². The van der Waals surface area contributed by atoms with Gasteiger partial charge in [-0.05, 0) is 34.9 Å². The highest BCUT2D eigenvalue weighted by Gasteiger charge is 2.72. The van der Waals surface area contributed by atoms with Gasteiger partial charge >= 0.3 is 0 Å². The Bertz CT molecular complexity index is 699. The summed E-state index contributed by atoms with van der Waals surface area (Å²) < 4.78 is 0. The summed E-state index contributed by atoms with van der Waals surface area (Å²) in [6.07, 6.45) is 4.41. The van der Waals surface area contributed by atoms with Gasteiger partial charge in [-0.3, -0.25) is 4.99 Å². The summed E-state index contributed by atoms with van der Waals surface area (Å²) in [5, 5.41) is 0. The third-order valence-corrected chi connectivity index (χ3v) is 5.62. The van der Waals surface area contributed by atoms with Gasteiger partial charge in [0.15, 0.2) is 0 Å². The second-order valence-electron chi connectivity index (χ2n) is 6.95. The Morgan fingerprint density at radius 3 is 2.52 bits per heavy atom. The molecule has 0 spiro atoms. The Balaban J connectivity index is 1.72. The molecule has 1 nitrogen and oxygen atoms in total. The first kappa shape index (κ1) is 12.8. The molecular weight excluding hydrogens is 254 g/mol. The summed E-state index contributed by atoms with van der Waals surface area (Å²) in [6, 6.07) is 19.4. The normalized spacial score (nSPS) is 29.0. The Hall–Kier alpha value is -1.89. The van der Waals surface area contributed by atoms with E-state index >= 15 is 0 Å². The molecule has 0 bridgehead atoms. The number of rotatable bonds is 2. The van der Waals surface area contributed by atoms with E-state index in [1.54, 1.807) is 0 Å².